The largest absolute Gasteiger partial charge is 0.497 e. The minimum absolute atomic E-state index is 0.0506. The molecule has 1 fully saturated rings. The Labute approximate surface area is 404 Å². The number of hydrogen-bond donors (Lipinski definition) is 1. The molecule has 0 saturated carbocycles. The first-order valence-electron chi connectivity index (χ1n) is 24.4. The SMILES string of the molecule is COc1ccc2c(c1)c(CC(=O)N1CCN(C(=O)c3ccc(C4=c5cc6c7c(c5Oc5c4cc4c8c5CCCN8CCC4)CCC[N+]=7CCC6)c(C(=O)O)c3)CC1)c(C)n2C(=O)c1ccc(Cl)cc1. The first kappa shape index (κ1) is 43.4. The number of nitrogens with zero attached hydrogens (tertiary/aromatic N) is 5. The molecule has 5 aromatic carbocycles. The van der Waals surface area contributed by atoms with Gasteiger partial charge in [-0.25, -0.2) is 9.37 Å². The van der Waals surface area contributed by atoms with E-state index in [1.807, 2.05) is 25.1 Å². The summed E-state index contributed by atoms with van der Waals surface area (Å²) in [5.41, 5.74) is 11.6. The molecule has 12 nitrogen and oxygen atoms in total. The van der Waals surface area contributed by atoms with E-state index in [4.69, 9.17) is 21.1 Å². The fourth-order valence-corrected chi connectivity index (χ4v) is 12.4. The van der Waals surface area contributed by atoms with Gasteiger partial charge in [-0.15, -0.1) is 0 Å². The minimum atomic E-state index is -1.10. The third-order valence-electron chi connectivity index (χ3n) is 15.5. The first-order chi connectivity index (χ1) is 33.6. The molecule has 12 rings (SSSR count). The van der Waals surface area contributed by atoms with Crippen LogP contribution in [0.15, 0.2) is 72.8 Å². The van der Waals surface area contributed by atoms with Gasteiger partial charge in [0.1, 0.15) is 30.3 Å². The summed E-state index contributed by atoms with van der Waals surface area (Å²) in [5, 5.41) is 14.6. The molecule has 0 unspecified atom stereocenters. The van der Waals surface area contributed by atoms with Crippen molar-refractivity contribution in [2.45, 2.75) is 64.7 Å². The van der Waals surface area contributed by atoms with Gasteiger partial charge in [-0.3, -0.25) is 19.0 Å². The van der Waals surface area contributed by atoms with Gasteiger partial charge in [-0.2, -0.15) is 0 Å². The van der Waals surface area contributed by atoms with Crippen molar-refractivity contribution in [3.05, 3.63) is 150 Å². The number of rotatable bonds is 7. The van der Waals surface area contributed by atoms with Crippen molar-refractivity contribution in [3.8, 4) is 17.2 Å². The van der Waals surface area contributed by atoms with Crippen LogP contribution in [0.1, 0.15) is 101 Å². The van der Waals surface area contributed by atoms with Gasteiger partial charge in [0.25, 0.3) is 11.8 Å². The van der Waals surface area contributed by atoms with Crippen LogP contribution in [0.2, 0.25) is 5.02 Å². The van der Waals surface area contributed by atoms with E-state index >= 15 is 0 Å². The summed E-state index contributed by atoms with van der Waals surface area (Å²) in [7, 11) is 1.58. The number of piperazine rings is 1. The van der Waals surface area contributed by atoms with Crippen molar-refractivity contribution in [3.63, 3.8) is 0 Å². The maximum absolute atomic E-state index is 14.4. The molecule has 1 saturated heterocycles. The lowest BCUT2D eigenvalue weighted by atomic mass is 9.81. The highest BCUT2D eigenvalue weighted by Gasteiger charge is 2.37. The molecule has 0 atom stereocenters. The summed E-state index contributed by atoms with van der Waals surface area (Å²) >= 11 is 6.13. The summed E-state index contributed by atoms with van der Waals surface area (Å²) in [6.07, 6.45) is 7.98. The van der Waals surface area contributed by atoms with Crippen LogP contribution in [0.5, 0.6) is 17.2 Å². The maximum Gasteiger partial charge on any atom is 0.336 e. The fourth-order valence-electron chi connectivity index (χ4n) is 12.3. The average Bonchev–Trinajstić information content (AvgIpc) is 3.64. The van der Waals surface area contributed by atoms with Crippen LogP contribution < -0.4 is 29.5 Å². The number of amides is 2. The Morgan fingerprint density at radius 2 is 1.43 bits per heavy atom. The number of methoxy groups -OCH3 is 1. The number of ether oxygens (including phenoxy) is 2. The second-order valence-corrected chi connectivity index (χ2v) is 19.8. The van der Waals surface area contributed by atoms with Crippen molar-refractivity contribution in [1.82, 2.24) is 18.9 Å². The Morgan fingerprint density at radius 1 is 0.725 bits per heavy atom. The van der Waals surface area contributed by atoms with Gasteiger partial charge in [0.05, 0.1) is 30.2 Å². The molecule has 13 heteroatoms. The third kappa shape index (κ3) is 7.12. The molecular weight excluding hydrogens is 890 g/mol. The second kappa shape index (κ2) is 16.9. The summed E-state index contributed by atoms with van der Waals surface area (Å²) in [4.78, 5) is 61.9. The Morgan fingerprint density at radius 3 is 2.20 bits per heavy atom. The van der Waals surface area contributed by atoms with Crippen molar-refractivity contribution in [2.24, 2.45) is 0 Å². The molecule has 0 bridgehead atoms. The zero-order valence-corrected chi connectivity index (χ0v) is 39.7. The number of aromatic carboxylic acids is 1. The van der Waals surface area contributed by atoms with Crippen LogP contribution in [0.3, 0.4) is 0 Å². The normalized spacial score (nSPS) is 16.9. The van der Waals surface area contributed by atoms with Gasteiger partial charge in [0.2, 0.25) is 11.3 Å². The second-order valence-electron chi connectivity index (χ2n) is 19.4. The van der Waals surface area contributed by atoms with Crippen molar-refractivity contribution >= 4 is 57.5 Å². The highest BCUT2D eigenvalue weighted by atomic mass is 35.5. The molecule has 6 aliphatic rings. The number of aromatic nitrogens is 1. The Balaban J connectivity index is 0.856. The molecule has 0 radical (unpaired) electrons. The fraction of sp³-hybridized carbons (Fsp3) is 0.339. The quantitative estimate of drug-likeness (QED) is 0.170. The van der Waals surface area contributed by atoms with Crippen molar-refractivity contribution in [2.75, 3.05) is 64.4 Å². The smallest absolute Gasteiger partial charge is 0.336 e. The van der Waals surface area contributed by atoms with Gasteiger partial charge in [-0.1, -0.05) is 17.7 Å². The molecule has 0 spiro atoms. The Hall–Kier alpha value is -6.92. The number of carboxylic acid groups (broad SMARTS) is 1. The molecule has 69 heavy (non-hydrogen) atoms. The average molecular weight is 944 g/mol. The number of halogens is 1. The standard InChI is InChI=1S/C56H52ClN5O7/c1-32-42(43-30-38(68-2)16-18-47(43)62(32)55(65)33-11-14-37(57)15-12-33)31-48(63)58-23-25-61(26-24-58)54(64)36-13-17-39(44(29-36)56(66)67)49-45-27-34-7-3-19-59-21-5-9-40(50(34)59)52(45)69-53-41-10-6-22-60-20-4-8-35(51(41)60)28-46(49)53/h11-18,27-30H,3-10,19-26,31H2,1-2H3/p+1. The molecular formula is C56H53ClN5O7+. The summed E-state index contributed by atoms with van der Waals surface area (Å²) in [5.74, 6) is 0.577. The number of carbonyl (C=O) groups excluding carboxylic acids is 3. The number of anilines is 1. The summed E-state index contributed by atoms with van der Waals surface area (Å²) in [6.45, 7) is 7.14. The lowest BCUT2D eigenvalue weighted by Crippen LogP contribution is -2.51. The predicted octanol–water partition coefficient (Wildman–Crippen LogP) is 6.96. The summed E-state index contributed by atoms with van der Waals surface area (Å²) in [6, 6.07) is 21.9. The Bertz CT molecular complexity index is 3360. The van der Waals surface area contributed by atoms with E-state index < -0.39 is 5.97 Å². The minimum Gasteiger partial charge on any atom is -0.497 e. The lowest BCUT2D eigenvalue weighted by Gasteiger charge is -2.39. The molecule has 350 valence electrons. The van der Waals surface area contributed by atoms with Gasteiger partial charge < -0.3 is 29.3 Å². The van der Waals surface area contributed by atoms with Crippen LogP contribution in [0, 0.1) is 6.92 Å². The third-order valence-corrected chi connectivity index (χ3v) is 15.8. The zero-order chi connectivity index (χ0) is 47.2. The number of carbonyl (C=O) groups is 4. The molecule has 6 aromatic rings. The molecule has 1 aromatic heterocycles. The van der Waals surface area contributed by atoms with Crippen molar-refractivity contribution < 1.29 is 33.8 Å². The van der Waals surface area contributed by atoms with Crippen molar-refractivity contribution in [1.29, 1.82) is 0 Å². The van der Waals surface area contributed by atoms with Crippen LogP contribution in [-0.2, 0) is 36.9 Å². The van der Waals surface area contributed by atoms with Crippen LogP contribution in [0.4, 0.5) is 5.69 Å². The van der Waals surface area contributed by atoms with Gasteiger partial charge >= 0.3 is 5.97 Å². The zero-order valence-electron chi connectivity index (χ0n) is 39.0. The number of fused-ring (bicyclic) bond motifs is 5. The van der Waals surface area contributed by atoms with E-state index in [1.165, 1.54) is 33.3 Å². The number of benzene rings is 5. The van der Waals surface area contributed by atoms with E-state index in [1.54, 1.807) is 63.9 Å². The van der Waals surface area contributed by atoms with E-state index in [2.05, 4.69) is 21.6 Å². The monoisotopic (exact) mass is 942 g/mol. The first-order valence-corrected chi connectivity index (χ1v) is 24.8. The van der Waals surface area contributed by atoms with E-state index in [0.29, 0.717) is 51.8 Å². The molecule has 7 heterocycles. The van der Waals surface area contributed by atoms with E-state index in [0.717, 1.165) is 116 Å². The number of carboxylic acids is 1. The molecule has 6 aliphatic heterocycles. The van der Waals surface area contributed by atoms with Crippen LogP contribution >= 0.6 is 11.6 Å². The van der Waals surface area contributed by atoms with Crippen LogP contribution in [0.25, 0.3) is 16.5 Å². The highest BCUT2D eigenvalue weighted by molar-refractivity contribution is 6.30. The van der Waals surface area contributed by atoms with Gasteiger partial charge in [0.15, 0.2) is 0 Å². The molecule has 0 aliphatic carbocycles. The number of aryl methyl sites for hydroxylation is 2. The maximum atomic E-state index is 14.4. The van der Waals surface area contributed by atoms with E-state index in [9.17, 15) is 24.3 Å². The Kier molecular flexibility index (Phi) is 10.6. The highest BCUT2D eigenvalue weighted by Crippen LogP contribution is 2.49. The lowest BCUT2D eigenvalue weighted by molar-refractivity contribution is -0.131. The van der Waals surface area contributed by atoms with E-state index in [-0.39, 0.29) is 42.8 Å². The predicted molar refractivity (Wildman–Crippen MR) is 264 cm³/mol. The number of hydrogen-bond acceptors (Lipinski definition) is 7. The molecule has 1 N–H and O–H groups in total. The van der Waals surface area contributed by atoms with Gasteiger partial charge in [-0.05, 0) is 129 Å². The summed E-state index contributed by atoms with van der Waals surface area (Å²) < 4.78 is 16.9. The van der Waals surface area contributed by atoms with Crippen LogP contribution in [-0.4, -0.2) is 103 Å². The molecule has 2 amide bonds. The van der Waals surface area contributed by atoms with Gasteiger partial charge in [0, 0.05) is 113 Å². The topological polar surface area (TPSA) is 125 Å².